The van der Waals surface area contributed by atoms with Gasteiger partial charge in [-0.25, -0.2) is 4.98 Å². The molecule has 4 heteroatoms. The molecule has 0 saturated carbocycles. The lowest BCUT2D eigenvalue weighted by Gasteiger charge is -1.82. The normalized spacial score (nSPS) is 8.60. The Balaban J connectivity index is 0.000000810. The maximum Gasteiger partial charge on any atom is 0.194 e. The van der Waals surface area contributed by atoms with Crippen molar-refractivity contribution in [3.63, 3.8) is 0 Å². The van der Waals surface area contributed by atoms with Crippen LogP contribution < -0.4 is 0 Å². The van der Waals surface area contributed by atoms with Gasteiger partial charge in [0.2, 0.25) is 0 Å². The first-order valence-electron chi connectivity index (χ1n) is 2.72. The number of rotatable bonds is 1. The summed E-state index contributed by atoms with van der Waals surface area (Å²) in [5, 5.41) is 0. The van der Waals surface area contributed by atoms with Crippen LogP contribution in [-0.2, 0) is 0 Å². The Morgan fingerprint density at radius 1 is 1.70 bits per heavy atom. The van der Waals surface area contributed by atoms with E-state index in [2.05, 4.69) is 9.97 Å². The average Bonchev–Trinajstić information content (AvgIpc) is 2.14. The fraction of sp³-hybridized carbons (Fsp3) is 0.333. The molecule has 1 rings (SSSR count). The molecule has 10 heavy (non-hydrogen) atoms. The van der Waals surface area contributed by atoms with Crippen molar-refractivity contribution in [3.8, 4) is 0 Å². The number of aromatic nitrogens is 2. The minimum absolute atomic E-state index is 0. The lowest BCUT2D eigenvalue weighted by atomic mass is 10.4. The number of imidazole rings is 1. The van der Waals surface area contributed by atoms with Crippen molar-refractivity contribution in [2.45, 2.75) is 13.8 Å². The lowest BCUT2D eigenvalue weighted by molar-refractivity contribution is 0.100. The number of hydrogen-bond donors (Lipinski definition) is 1. The highest BCUT2D eigenvalue weighted by Gasteiger charge is 2.00. The molecule has 3 nitrogen and oxygen atoms in total. The average molecular weight is 205 g/mol. The fourth-order valence-electron chi connectivity index (χ4n) is 0.592. The summed E-state index contributed by atoms with van der Waals surface area (Å²) in [7, 11) is 0. The van der Waals surface area contributed by atoms with E-state index < -0.39 is 0 Å². The van der Waals surface area contributed by atoms with Gasteiger partial charge in [-0.05, 0) is 6.92 Å². The van der Waals surface area contributed by atoms with Crippen molar-refractivity contribution in [2.75, 3.05) is 0 Å². The summed E-state index contributed by atoms with van der Waals surface area (Å²) < 4.78 is 0. The van der Waals surface area contributed by atoms with Gasteiger partial charge in [-0.1, -0.05) is 0 Å². The number of halogens is 1. The van der Waals surface area contributed by atoms with E-state index in [0.717, 1.165) is 5.69 Å². The summed E-state index contributed by atoms with van der Waals surface area (Å²) in [6.07, 6.45) is 1.64. The summed E-state index contributed by atoms with van der Waals surface area (Å²) in [6.45, 7) is 3.34. The van der Waals surface area contributed by atoms with E-state index in [1.807, 2.05) is 6.92 Å². The van der Waals surface area contributed by atoms with E-state index in [9.17, 15) is 4.79 Å². The van der Waals surface area contributed by atoms with Gasteiger partial charge in [-0.2, -0.15) is 0 Å². The number of aryl methyl sites for hydroxylation is 1. The van der Waals surface area contributed by atoms with E-state index in [1.54, 1.807) is 6.20 Å². The number of carbonyl (C=O) groups is 1. The summed E-state index contributed by atoms with van der Waals surface area (Å²) in [5.74, 6) is 0.413. The molecule has 0 saturated heterocycles. The highest BCUT2D eigenvalue weighted by molar-refractivity contribution is 8.93. The molecule has 1 aromatic rings. The van der Waals surface area contributed by atoms with Gasteiger partial charge < -0.3 is 4.98 Å². The van der Waals surface area contributed by atoms with Crippen molar-refractivity contribution in [3.05, 3.63) is 17.7 Å². The topological polar surface area (TPSA) is 45.8 Å². The highest BCUT2D eigenvalue weighted by atomic mass is 79.9. The fourth-order valence-corrected chi connectivity index (χ4v) is 0.592. The van der Waals surface area contributed by atoms with Crippen LogP contribution in [0.4, 0.5) is 0 Å². The first-order chi connectivity index (χ1) is 4.20. The van der Waals surface area contributed by atoms with Gasteiger partial charge in [0.1, 0.15) is 0 Å². The first kappa shape index (κ1) is 9.36. The highest BCUT2D eigenvalue weighted by Crippen LogP contribution is 1.94. The Labute approximate surface area is 69.6 Å². The molecule has 0 unspecified atom stereocenters. The monoisotopic (exact) mass is 204 g/mol. The van der Waals surface area contributed by atoms with Crippen molar-refractivity contribution >= 4 is 22.8 Å². The summed E-state index contributed by atoms with van der Waals surface area (Å²) in [4.78, 5) is 17.2. The van der Waals surface area contributed by atoms with Crippen LogP contribution in [0, 0.1) is 6.92 Å². The smallest absolute Gasteiger partial charge is 0.194 e. The van der Waals surface area contributed by atoms with Crippen molar-refractivity contribution in [2.24, 2.45) is 0 Å². The summed E-state index contributed by atoms with van der Waals surface area (Å²) in [5.41, 5.74) is 0.917. The molecule has 0 amide bonds. The lowest BCUT2D eigenvalue weighted by Crippen LogP contribution is -1.93. The molecule has 0 aliphatic carbocycles. The van der Waals surface area contributed by atoms with Crippen molar-refractivity contribution in [1.29, 1.82) is 0 Å². The predicted molar refractivity (Wildman–Crippen MR) is 43.7 cm³/mol. The zero-order valence-corrected chi connectivity index (χ0v) is 7.55. The van der Waals surface area contributed by atoms with Gasteiger partial charge in [-0.3, -0.25) is 4.79 Å². The van der Waals surface area contributed by atoms with E-state index >= 15 is 0 Å². The molecule has 56 valence electrons. The molecule has 1 aromatic heterocycles. The zero-order chi connectivity index (χ0) is 6.85. The van der Waals surface area contributed by atoms with Crippen LogP contribution in [0.3, 0.4) is 0 Å². The van der Waals surface area contributed by atoms with Crippen molar-refractivity contribution < 1.29 is 4.79 Å². The second-order valence-electron chi connectivity index (χ2n) is 1.97. The largest absolute Gasteiger partial charge is 0.340 e. The third-order valence-corrected chi connectivity index (χ3v) is 1.04. The molecular formula is C6H9BrN2O. The van der Waals surface area contributed by atoms with E-state index in [1.165, 1.54) is 6.92 Å². The van der Waals surface area contributed by atoms with Gasteiger partial charge in [-0.15, -0.1) is 17.0 Å². The number of nitrogens with zero attached hydrogens (tertiary/aromatic N) is 1. The Hall–Kier alpha value is -0.640. The second kappa shape index (κ2) is 3.51. The number of aromatic amines is 1. The zero-order valence-electron chi connectivity index (χ0n) is 5.84. The van der Waals surface area contributed by atoms with Crippen LogP contribution in [0.5, 0.6) is 0 Å². The third-order valence-electron chi connectivity index (χ3n) is 1.04. The number of ketones is 1. The van der Waals surface area contributed by atoms with Crippen molar-refractivity contribution in [1.82, 2.24) is 9.97 Å². The number of H-pyrrole nitrogens is 1. The van der Waals surface area contributed by atoms with Crippen LogP contribution in [0.2, 0.25) is 0 Å². The molecular weight excluding hydrogens is 196 g/mol. The molecule has 0 aliphatic heterocycles. The molecule has 0 bridgehead atoms. The van der Waals surface area contributed by atoms with Crippen LogP contribution in [0.1, 0.15) is 23.2 Å². The minimum atomic E-state index is -0.0249. The van der Waals surface area contributed by atoms with Crippen LogP contribution in [-0.4, -0.2) is 15.8 Å². The second-order valence-corrected chi connectivity index (χ2v) is 1.97. The quantitative estimate of drug-likeness (QED) is 0.706. The van der Waals surface area contributed by atoms with Gasteiger partial charge in [0.25, 0.3) is 0 Å². The van der Waals surface area contributed by atoms with Gasteiger partial charge in [0, 0.05) is 18.8 Å². The van der Waals surface area contributed by atoms with E-state index in [0.29, 0.717) is 5.82 Å². The molecule has 1 heterocycles. The van der Waals surface area contributed by atoms with Gasteiger partial charge >= 0.3 is 0 Å². The van der Waals surface area contributed by atoms with Crippen LogP contribution >= 0.6 is 17.0 Å². The molecule has 1 N–H and O–H groups in total. The Morgan fingerprint density at radius 3 is 2.50 bits per heavy atom. The number of nitrogens with one attached hydrogen (secondary N) is 1. The Bertz CT molecular complexity index is 231. The molecule has 0 fully saturated rings. The maximum atomic E-state index is 10.6. The Kier molecular flexibility index (Phi) is 3.28. The molecule has 0 atom stereocenters. The Morgan fingerprint density at radius 2 is 2.30 bits per heavy atom. The van der Waals surface area contributed by atoms with Crippen LogP contribution in [0.15, 0.2) is 6.20 Å². The maximum absolute atomic E-state index is 10.6. The first-order valence-corrected chi connectivity index (χ1v) is 2.72. The standard InChI is InChI=1S/C6H8N2O.BrH/c1-4-3-7-6(8-4)5(2)9;/h3H,1-2H3,(H,7,8);1H. The molecule has 0 spiro atoms. The minimum Gasteiger partial charge on any atom is -0.340 e. The molecule has 0 aliphatic rings. The summed E-state index contributed by atoms with van der Waals surface area (Å²) >= 11 is 0. The summed E-state index contributed by atoms with van der Waals surface area (Å²) in [6, 6.07) is 0. The number of carbonyl (C=O) groups excluding carboxylic acids is 1. The molecule has 0 radical (unpaired) electrons. The third kappa shape index (κ3) is 1.95. The number of Topliss-reactive ketones (excluding diaryl/α,β-unsaturated/α-hetero) is 1. The van der Waals surface area contributed by atoms with E-state index in [4.69, 9.17) is 0 Å². The van der Waals surface area contributed by atoms with Gasteiger partial charge in [0.05, 0.1) is 0 Å². The number of hydrogen-bond acceptors (Lipinski definition) is 2. The van der Waals surface area contributed by atoms with Crippen LogP contribution in [0.25, 0.3) is 0 Å². The van der Waals surface area contributed by atoms with Gasteiger partial charge in [0.15, 0.2) is 11.6 Å². The SMILES string of the molecule is Br.CC(=O)c1ncc(C)[nH]1. The van der Waals surface area contributed by atoms with E-state index in [-0.39, 0.29) is 22.8 Å². The predicted octanol–water partition coefficient (Wildman–Crippen LogP) is 1.50. The molecule has 0 aromatic carbocycles.